The van der Waals surface area contributed by atoms with Crippen molar-refractivity contribution < 1.29 is 4.79 Å². The Bertz CT molecular complexity index is 959. The molecule has 4 heteroatoms. The molecule has 0 radical (unpaired) electrons. The number of carbonyl (C=O) groups excluding carboxylic acids is 1. The highest BCUT2D eigenvalue weighted by Crippen LogP contribution is 2.17. The lowest BCUT2D eigenvalue weighted by molar-refractivity contribution is 0.0689. The highest BCUT2D eigenvalue weighted by atomic mass is 16.2. The Kier molecular flexibility index (Phi) is 4.70. The molecule has 0 aliphatic rings. The van der Waals surface area contributed by atoms with Gasteiger partial charge in [0.1, 0.15) is 0 Å². The topological polar surface area (TPSA) is 53.2 Å². The Labute approximate surface area is 147 Å². The molecule has 0 aliphatic carbocycles. The predicted octanol–water partition coefficient (Wildman–Crippen LogP) is 3.89. The Morgan fingerprint density at radius 3 is 2.48 bits per heavy atom. The third-order valence-electron chi connectivity index (χ3n) is 4.41. The standard InChI is InChI=1S/C21H22N2O2/c1-14(2)23(21(25)16-9-5-4-6-10-16)13-18-12-17-11-7-8-15(3)19(17)22-20(18)24/h4-12,14H,13H2,1-3H3,(H,22,24). The molecule has 25 heavy (non-hydrogen) atoms. The fourth-order valence-electron chi connectivity index (χ4n) is 2.96. The van der Waals surface area contributed by atoms with E-state index in [0.29, 0.717) is 11.1 Å². The van der Waals surface area contributed by atoms with Gasteiger partial charge < -0.3 is 9.88 Å². The van der Waals surface area contributed by atoms with E-state index >= 15 is 0 Å². The molecule has 0 bridgehead atoms. The number of hydrogen-bond acceptors (Lipinski definition) is 2. The minimum atomic E-state index is -0.145. The molecule has 0 saturated carbocycles. The highest BCUT2D eigenvalue weighted by Gasteiger charge is 2.20. The van der Waals surface area contributed by atoms with Gasteiger partial charge in [0.15, 0.2) is 0 Å². The van der Waals surface area contributed by atoms with Gasteiger partial charge in [-0.2, -0.15) is 0 Å². The van der Waals surface area contributed by atoms with Gasteiger partial charge >= 0.3 is 0 Å². The van der Waals surface area contributed by atoms with Gasteiger partial charge in [-0.05, 0) is 49.9 Å². The number of H-pyrrole nitrogens is 1. The monoisotopic (exact) mass is 334 g/mol. The fraction of sp³-hybridized carbons (Fsp3) is 0.238. The van der Waals surface area contributed by atoms with Crippen LogP contribution >= 0.6 is 0 Å². The van der Waals surface area contributed by atoms with E-state index in [4.69, 9.17) is 0 Å². The van der Waals surface area contributed by atoms with Crippen molar-refractivity contribution in [3.63, 3.8) is 0 Å². The summed E-state index contributed by atoms with van der Waals surface area (Å²) in [5.74, 6) is -0.0701. The van der Waals surface area contributed by atoms with Crippen LogP contribution in [0.4, 0.5) is 0 Å². The van der Waals surface area contributed by atoms with Crippen LogP contribution in [0.25, 0.3) is 10.9 Å². The molecular formula is C21H22N2O2. The number of fused-ring (bicyclic) bond motifs is 1. The quantitative estimate of drug-likeness (QED) is 0.787. The predicted molar refractivity (Wildman–Crippen MR) is 101 cm³/mol. The molecule has 1 N–H and O–H groups in total. The molecule has 0 fully saturated rings. The zero-order valence-electron chi connectivity index (χ0n) is 14.7. The summed E-state index contributed by atoms with van der Waals surface area (Å²) in [6.07, 6.45) is 0. The van der Waals surface area contributed by atoms with Crippen LogP contribution in [0.15, 0.2) is 59.4 Å². The number of amides is 1. The second-order valence-corrected chi connectivity index (χ2v) is 6.56. The fourth-order valence-corrected chi connectivity index (χ4v) is 2.96. The van der Waals surface area contributed by atoms with Crippen molar-refractivity contribution >= 4 is 16.8 Å². The van der Waals surface area contributed by atoms with Crippen molar-refractivity contribution in [1.29, 1.82) is 0 Å². The van der Waals surface area contributed by atoms with Gasteiger partial charge in [0.05, 0.1) is 12.1 Å². The van der Waals surface area contributed by atoms with Gasteiger partial charge in [0.2, 0.25) is 0 Å². The summed E-state index contributed by atoms with van der Waals surface area (Å²) < 4.78 is 0. The molecule has 0 aliphatic heterocycles. The van der Waals surface area contributed by atoms with Crippen LogP contribution in [-0.4, -0.2) is 21.8 Å². The first-order valence-electron chi connectivity index (χ1n) is 8.45. The summed E-state index contributed by atoms with van der Waals surface area (Å²) >= 11 is 0. The minimum absolute atomic E-state index is 0.0136. The second kappa shape index (κ2) is 6.93. The molecule has 0 saturated heterocycles. The molecule has 2 aromatic carbocycles. The molecule has 0 unspecified atom stereocenters. The molecule has 128 valence electrons. The molecule has 1 aromatic heterocycles. The maximum absolute atomic E-state index is 12.8. The number of rotatable bonds is 4. The summed E-state index contributed by atoms with van der Waals surface area (Å²) in [6, 6.07) is 16.9. The number of pyridine rings is 1. The first-order chi connectivity index (χ1) is 12.0. The smallest absolute Gasteiger partial charge is 0.254 e. The maximum atomic E-state index is 12.8. The van der Waals surface area contributed by atoms with Crippen LogP contribution in [-0.2, 0) is 6.54 Å². The van der Waals surface area contributed by atoms with E-state index in [1.807, 2.05) is 63.2 Å². The SMILES string of the molecule is Cc1cccc2cc(CN(C(=O)c3ccccc3)C(C)C)c(=O)[nH]c12. The van der Waals surface area contributed by atoms with E-state index in [2.05, 4.69) is 4.98 Å². The van der Waals surface area contributed by atoms with Gasteiger partial charge in [-0.3, -0.25) is 9.59 Å². The molecule has 0 spiro atoms. The van der Waals surface area contributed by atoms with E-state index in [1.165, 1.54) is 0 Å². The van der Waals surface area contributed by atoms with Gasteiger partial charge in [-0.1, -0.05) is 36.4 Å². The summed E-state index contributed by atoms with van der Waals surface area (Å²) in [6.45, 7) is 6.17. The zero-order valence-corrected chi connectivity index (χ0v) is 14.7. The van der Waals surface area contributed by atoms with E-state index in [9.17, 15) is 9.59 Å². The Hall–Kier alpha value is -2.88. The lowest BCUT2D eigenvalue weighted by Crippen LogP contribution is -2.38. The number of benzene rings is 2. The third kappa shape index (κ3) is 3.48. The maximum Gasteiger partial charge on any atom is 0.254 e. The van der Waals surface area contributed by atoms with Crippen LogP contribution in [0, 0.1) is 6.92 Å². The number of hydrogen-bond donors (Lipinski definition) is 1. The lowest BCUT2D eigenvalue weighted by Gasteiger charge is -2.27. The largest absolute Gasteiger partial charge is 0.332 e. The summed E-state index contributed by atoms with van der Waals surface area (Å²) in [4.78, 5) is 30.0. The number of nitrogens with one attached hydrogen (secondary N) is 1. The van der Waals surface area contributed by atoms with Crippen LogP contribution in [0.5, 0.6) is 0 Å². The van der Waals surface area contributed by atoms with Gasteiger partial charge in [-0.25, -0.2) is 0 Å². The average molecular weight is 334 g/mol. The van der Waals surface area contributed by atoms with E-state index in [1.54, 1.807) is 17.0 Å². The number of carbonyl (C=O) groups is 1. The van der Waals surface area contributed by atoms with Gasteiger partial charge in [-0.15, -0.1) is 0 Å². The molecule has 4 nitrogen and oxygen atoms in total. The number of aromatic nitrogens is 1. The van der Waals surface area contributed by atoms with Crippen molar-refractivity contribution in [3.8, 4) is 0 Å². The van der Waals surface area contributed by atoms with Crippen LogP contribution in [0.1, 0.15) is 35.3 Å². The van der Waals surface area contributed by atoms with E-state index in [0.717, 1.165) is 16.5 Å². The van der Waals surface area contributed by atoms with E-state index < -0.39 is 0 Å². The molecule has 3 aromatic rings. The summed E-state index contributed by atoms with van der Waals surface area (Å²) in [7, 11) is 0. The van der Waals surface area contributed by atoms with Crippen molar-refractivity contribution in [2.24, 2.45) is 0 Å². The Balaban J connectivity index is 1.98. The van der Waals surface area contributed by atoms with Crippen LogP contribution in [0.3, 0.4) is 0 Å². The van der Waals surface area contributed by atoms with Gasteiger partial charge in [0.25, 0.3) is 11.5 Å². The number of aromatic amines is 1. The summed E-state index contributed by atoms with van der Waals surface area (Å²) in [5.41, 5.74) is 2.96. The first-order valence-corrected chi connectivity index (χ1v) is 8.45. The molecule has 3 rings (SSSR count). The van der Waals surface area contributed by atoms with Crippen molar-refractivity contribution in [3.05, 3.63) is 81.6 Å². The van der Waals surface area contributed by atoms with Crippen LogP contribution in [0.2, 0.25) is 0 Å². The number of nitrogens with zero attached hydrogens (tertiary/aromatic N) is 1. The third-order valence-corrected chi connectivity index (χ3v) is 4.41. The number of aryl methyl sites for hydroxylation is 1. The lowest BCUT2D eigenvalue weighted by atomic mass is 10.1. The Morgan fingerprint density at radius 1 is 1.08 bits per heavy atom. The normalized spacial score (nSPS) is 11.0. The summed E-state index contributed by atoms with van der Waals surface area (Å²) in [5, 5.41) is 0.977. The van der Waals surface area contributed by atoms with Crippen molar-refractivity contribution in [2.75, 3.05) is 0 Å². The zero-order chi connectivity index (χ0) is 18.0. The van der Waals surface area contributed by atoms with Crippen molar-refractivity contribution in [2.45, 2.75) is 33.4 Å². The first kappa shape index (κ1) is 17.0. The number of para-hydroxylation sites is 1. The Morgan fingerprint density at radius 2 is 1.80 bits per heavy atom. The molecule has 0 atom stereocenters. The molecule has 1 heterocycles. The average Bonchev–Trinajstić information content (AvgIpc) is 2.60. The molecular weight excluding hydrogens is 312 g/mol. The van der Waals surface area contributed by atoms with Crippen LogP contribution < -0.4 is 5.56 Å². The van der Waals surface area contributed by atoms with Gasteiger partial charge in [0, 0.05) is 17.2 Å². The molecule has 1 amide bonds. The minimum Gasteiger partial charge on any atom is -0.332 e. The van der Waals surface area contributed by atoms with E-state index in [-0.39, 0.29) is 24.1 Å². The highest BCUT2D eigenvalue weighted by molar-refractivity contribution is 5.94. The second-order valence-electron chi connectivity index (χ2n) is 6.56. The van der Waals surface area contributed by atoms with Crippen molar-refractivity contribution in [1.82, 2.24) is 9.88 Å².